The Morgan fingerprint density at radius 2 is 1.90 bits per heavy atom. The van der Waals surface area contributed by atoms with Crippen LogP contribution in [-0.2, 0) is 14.3 Å². The number of carbonyl (C=O) groups excluding carboxylic acids is 1. The Bertz CT molecular complexity index is 596. The van der Waals surface area contributed by atoms with Crippen molar-refractivity contribution in [3.05, 3.63) is 0 Å². The number of amides is 1. The first-order chi connectivity index (χ1) is 14.4. The summed E-state index contributed by atoms with van der Waals surface area (Å²) >= 11 is 0. The van der Waals surface area contributed by atoms with Gasteiger partial charge in [0.2, 0.25) is 5.91 Å². The van der Waals surface area contributed by atoms with Crippen LogP contribution in [0.1, 0.15) is 52.4 Å². The number of aliphatic imine (C=N–C) groups is 1. The van der Waals surface area contributed by atoms with Crippen molar-refractivity contribution in [1.82, 2.24) is 20.4 Å². The number of halogens is 1. The van der Waals surface area contributed by atoms with E-state index >= 15 is 0 Å². The fraction of sp³-hybridized carbons (Fsp3) is 0.909. The third-order valence-corrected chi connectivity index (χ3v) is 6.73. The fourth-order valence-electron chi connectivity index (χ4n) is 4.61. The van der Waals surface area contributed by atoms with E-state index in [1.165, 1.54) is 12.8 Å². The smallest absolute Gasteiger partial charge is 0.243 e. The number of ether oxygens (including phenoxy) is 2. The summed E-state index contributed by atoms with van der Waals surface area (Å²) in [5.41, 5.74) is 0. The van der Waals surface area contributed by atoms with Gasteiger partial charge in [-0.15, -0.1) is 24.0 Å². The van der Waals surface area contributed by atoms with Crippen LogP contribution in [-0.4, -0.2) is 93.0 Å². The van der Waals surface area contributed by atoms with Crippen LogP contribution in [0.15, 0.2) is 4.99 Å². The first-order valence-electron chi connectivity index (χ1n) is 11.7. The highest BCUT2D eigenvalue weighted by Crippen LogP contribution is 2.39. The van der Waals surface area contributed by atoms with Crippen LogP contribution >= 0.6 is 24.0 Å². The standard InChI is InChI=1S/C22H41N5O3.HI/c1-5-27-12-6-7-18(27)13-23-21(25-15-20(28)26(3)4)24-14-19-16-29-22(30-19)10-8-17(2)9-11-22;/h17-19H,5-16H2,1-4H3,(H2,23,24,25);1H. The number of guanidine groups is 1. The maximum Gasteiger partial charge on any atom is 0.243 e. The quantitative estimate of drug-likeness (QED) is 0.287. The lowest BCUT2D eigenvalue weighted by molar-refractivity contribution is -0.191. The van der Waals surface area contributed by atoms with E-state index in [1.54, 1.807) is 19.0 Å². The van der Waals surface area contributed by atoms with Gasteiger partial charge in [0, 0.05) is 46.1 Å². The highest BCUT2D eigenvalue weighted by atomic mass is 127. The van der Waals surface area contributed by atoms with Gasteiger partial charge in [0.1, 0.15) is 12.6 Å². The van der Waals surface area contributed by atoms with Crippen molar-refractivity contribution >= 4 is 35.8 Å². The largest absolute Gasteiger partial charge is 0.355 e. The summed E-state index contributed by atoms with van der Waals surface area (Å²) in [7, 11) is 3.51. The van der Waals surface area contributed by atoms with Crippen molar-refractivity contribution in [2.24, 2.45) is 10.9 Å². The molecule has 1 aliphatic carbocycles. The Kier molecular flexibility index (Phi) is 10.8. The molecule has 8 nitrogen and oxygen atoms in total. The molecule has 2 heterocycles. The second kappa shape index (κ2) is 12.6. The molecule has 2 N–H and O–H groups in total. The summed E-state index contributed by atoms with van der Waals surface area (Å²) in [4.78, 5) is 20.6. The van der Waals surface area contributed by atoms with Crippen LogP contribution in [0.2, 0.25) is 0 Å². The highest BCUT2D eigenvalue weighted by Gasteiger charge is 2.43. The number of nitrogens with zero attached hydrogens (tertiary/aromatic N) is 3. The van der Waals surface area contributed by atoms with E-state index in [9.17, 15) is 4.79 Å². The number of likely N-dealkylation sites (N-methyl/N-ethyl adjacent to an activating group) is 2. The summed E-state index contributed by atoms with van der Waals surface area (Å²) in [6.07, 6.45) is 6.74. The zero-order chi connectivity index (χ0) is 21.6. The minimum atomic E-state index is -0.379. The molecule has 2 atom stereocenters. The summed E-state index contributed by atoms with van der Waals surface area (Å²) in [6.45, 7) is 8.94. The molecule has 3 rings (SSSR count). The molecule has 1 spiro atoms. The Morgan fingerprint density at radius 3 is 2.58 bits per heavy atom. The summed E-state index contributed by atoms with van der Waals surface area (Å²) in [6, 6.07) is 0.519. The normalized spacial score (nSPS) is 31.5. The van der Waals surface area contributed by atoms with Gasteiger partial charge < -0.3 is 25.0 Å². The van der Waals surface area contributed by atoms with E-state index in [0.29, 0.717) is 25.2 Å². The van der Waals surface area contributed by atoms with Crippen LogP contribution in [0.5, 0.6) is 0 Å². The molecule has 2 unspecified atom stereocenters. The van der Waals surface area contributed by atoms with E-state index in [2.05, 4.69) is 34.4 Å². The molecule has 2 saturated heterocycles. The number of nitrogens with one attached hydrogen (secondary N) is 2. The zero-order valence-electron chi connectivity index (χ0n) is 19.7. The molecule has 0 aromatic carbocycles. The number of hydrogen-bond donors (Lipinski definition) is 2. The van der Waals surface area contributed by atoms with E-state index in [0.717, 1.165) is 51.2 Å². The van der Waals surface area contributed by atoms with Gasteiger partial charge in [-0.1, -0.05) is 13.8 Å². The van der Waals surface area contributed by atoms with Crippen LogP contribution in [0.25, 0.3) is 0 Å². The molecule has 2 aliphatic heterocycles. The van der Waals surface area contributed by atoms with Gasteiger partial charge in [-0.25, -0.2) is 4.99 Å². The fourth-order valence-corrected chi connectivity index (χ4v) is 4.61. The lowest BCUT2D eigenvalue weighted by Crippen LogP contribution is -2.47. The van der Waals surface area contributed by atoms with Crippen LogP contribution in [0.4, 0.5) is 0 Å². The van der Waals surface area contributed by atoms with Crippen LogP contribution in [0.3, 0.4) is 0 Å². The average molecular weight is 552 g/mol. The topological polar surface area (TPSA) is 78.4 Å². The van der Waals surface area contributed by atoms with E-state index in [1.807, 2.05) is 0 Å². The van der Waals surface area contributed by atoms with E-state index in [-0.39, 0.29) is 48.3 Å². The molecular formula is C22H42IN5O3. The molecule has 0 aromatic rings. The number of hydrogen-bond acceptors (Lipinski definition) is 5. The van der Waals surface area contributed by atoms with Crippen molar-refractivity contribution in [3.8, 4) is 0 Å². The summed E-state index contributed by atoms with van der Waals surface area (Å²) in [5, 5.41) is 6.84. The maximum absolute atomic E-state index is 12.0. The predicted octanol–water partition coefficient (Wildman–Crippen LogP) is 2.03. The van der Waals surface area contributed by atoms with E-state index in [4.69, 9.17) is 9.47 Å². The third-order valence-electron chi connectivity index (χ3n) is 6.73. The van der Waals surface area contributed by atoms with Gasteiger partial charge in [0.15, 0.2) is 11.7 Å². The maximum atomic E-state index is 12.0. The van der Waals surface area contributed by atoms with Gasteiger partial charge in [0.05, 0.1) is 6.61 Å². The van der Waals surface area contributed by atoms with Gasteiger partial charge in [-0.05, 0) is 44.7 Å². The lowest BCUT2D eigenvalue weighted by atomic mass is 9.86. The molecule has 3 fully saturated rings. The first-order valence-corrected chi connectivity index (χ1v) is 11.7. The van der Waals surface area contributed by atoms with Gasteiger partial charge in [0.25, 0.3) is 0 Å². The molecule has 180 valence electrons. The number of rotatable bonds is 7. The summed E-state index contributed by atoms with van der Waals surface area (Å²) < 4.78 is 12.4. The molecule has 0 aromatic heterocycles. The second-order valence-electron chi connectivity index (χ2n) is 9.28. The van der Waals surface area contributed by atoms with Gasteiger partial charge in [-0.3, -0.25) is 9.69 Å². The Hall–Kier alpha value is -0.650. The molecule has 0 radical (unpaired) electrons. The van der Waals surface area contributed by atoms with Crippen molar-refractivity contribution in [2.75, 3.05) is 53.4 Å². The van der Waals surface area contributed by atoms with Crippen molar-refractivity contribution in [3.63, 3.8) is 0 Å². The molecule has 9 heteroatoms. The minimum absolute atomic E-state index is 0. The first kappa shape index (κ1) is 26.6. The third kappa shape index (κ3) is 7.71. The molecule has 1 saturated carbocycles. The Balaban J connectivity index is 0.00000341. The lowest BCUT2D eigenvalue weighted by Gasteiger charge is -2.34. The highest BCUT2D eigenvalue weighted by molar-refractivity contribution is 14.0. The van der Waals surface area contributed by atoms with Crippen LogP contribution < -0.4 is 10.6 Å². The van der Waals surface area contributed by atoms with E-state index < -0.39 is 0 Å². The molecule has 3 aliphatic rings. The molecule has 31 heavy (non-hydrogen) atoms. The number of carbonyl (C=O) groups is 1. The monoisotopic (exact) mass is 551 g/mol. The van der Waals surface area contributed by atoms with Crippen LogP contribution in [0, 0.1) is 5.92 Å². The Labute approximate surface area is 204 Å². The van der Waals surface area contributed by atoms with Gasteiger partial charge >= 0.3 is 0 Å². The average Bonchev–Trinajstić information content (AvgIpc) is 3.36. The zero-order valence-corrected chi connectivity index (χ0v) is 22.0. The molecule has 1 amide bonds. The molecule has 0 bridgehead atoms. The van der Waals surface area contributed by atoms with Crippen molar-refractivity contribution < 1.29 is 14.3 Å². The van der Waals surface area contributed by atoms with Gasteiger partial charge in [-0.2, -0.15) is 0 Å². The minimum Gasteiger partial charge on any atom is -0.355 e. The SMILES string of the molecule is CCN1CCCC1CNC(=NCC(=O)N(C)C)NCC1COC2(CCC(C)CC2)O1.I. The molecular weight excluding hydrogens is 509 g/mol. The summed E-state index contributed by atoms with van der Waals surface area (Å²) in [5.74, 6) is 1.05. The van der Waals surface area contributed by atoms with Crippen molar-refractivity contribution in [2.45, 2.75) is 70.3 Å². The predicted molar refractivity (Wildman–Crippen MR) is 134 cm³/mol. The Morgan fingerprint density at radius 1 is 1.19 bits per heavy atom. The number of likely N-dealkylation sites (tertiary alicyclic amines) is 1. The van der Waals surface area contributed by atoms with Crippen molar-refractivity contribution in [1.29, 1.82) is 0 Å². The second-order valence-corrected chi connectivity index (χ2v) is 9.28.